The molecule has 0 saturated carbocycles. The Morgan fingerprint density at radius 1 is 1.12 bits per heavy atom. The van der Waals surface area contributed by atoms with Crippen LogP contribution in [-0.2, 0) is 10.0 Å². The van der Waals surface area contributed by atoms with E-state index in [4.69, 9.17) is 0 Å². The maximum Gasteiger partial charge on any atom is 0.246 e. The van der Waals surface area contributed by atoms with Crippen molar-refractivity contribution in [3.63, 3.8) is 0 Å². The molecule has 8 nitrogen and oxygen atoms in total. The standard InChI is InChI=1S/C21H23F2N5O3S2/c1-2-16(13-10-14(22)12-15(23)11-13)24-20-21(27-32-26-20)25-17-6-5-7-18(19(17)29)33(30,31)28-8-3-4-9-28/h5-7,10-12,16,29H,2-4,8-9H2,1H3,(H,24,26)(H,25,27). The monoisotopic (exact) mass is 495 g/mol. The number of phenolic OH excluding ortho intramolecular Hbond substituents is 1. The Kier molecular flexibility index (Phi) is 6.77. The van der Waals surface area contributed by atoms with Crippen LogP contribution in [0, 0.1) is 11.6 Å². The molecular weight excluding hydrogens is 472 g/mol. The number of benzene rings is 2. The van der Waals surface area contributed by atoms with Gasteiger partial charge >= 0.3 is 0 Å². The van der Waals surface area contributed by atoms with Gasteiger partial charge in [0.05, 0.1) is 23.5 Å². The van der Waals surface area contributed by atoms with E-state index in [9.17, 15) is 22.3 Å². The summed E-state index contributed by atoms with van der Waals surface area (Å²) >= 11 is 0.894. The maximum absolute atomic E-state index is 13.7. The zero-order chi connectivity index (χ0) is 23.6. The molecule has 176 valence electrons. The quantitative estimate of drug-likeness (QED) is 0.392. The van der Waals surface area contributed by atoms with Crippen LogP contribution in [0.4, 0.5) is 26.1 Å². The highest BCUT2D eigenvalue weighted by atomic mass is 32.2. The van der Waals surface area contributed by atoms with E-state index in [1.54, 1.807) is 0 Å². The lowest BCUT2D eigenvalue weighted by Gasteiger charge is -2.19. The summed E-state index contributed by atoms with van der Waals surface area (Å²) in [6.45, 7) is 2.69. The second-order valence-electron chi connectivity index (χ2n) is 7.66. The van der Waals surface area contributed by atoms with E-state index in [0.29, 0.717) is 30.9 Å². The van der Waals surface area contributed by atoms with Crippen LogP contribution in [0.3, 0.4) is 0 Å². The van der Waals surface area contributed by atoms with Gasteiger partial charge in [0.15, 0.2) is 17.4 Å². The molecule has 1 aliphatic heterocycles. The van der Waals surface area contributed by atoms with E-state index in [1.165, 1.54) is 34.6 Å². The highest BCUT2D eigenvalue weighted by Crippen LogP contribution is 2.37. The Balaban J connectivity index is 1.59. The van der Waals surface area contributed by atoms with Crippen molar-refractivity contribution in [2.45, 2.75) is 37.1 Å². The van der Waals surface area contributed by atoms with Gasteiger partial charge in [-0.05, 0) is 49.1 Å². The molecule has 1 atom stereocenters. The van der Waals surface area contributed by atoms with Crippen LogP contribution in [-0.4, -0.2) is 39.7 Å². The minimum Gasteiger partial charge on any atom is -0.504 e. The molecule has 0 bridgehead atoms. The van der Waals surface area contributed by atoms with Gasteiger partial charge in [-0.3, -0.25) is 0 Å². The Bertz CT molecular complexity index is 1230. The smallest absolute Gasteiger partial charge is 0.246 e. The first kappa shape index (κ1) is 23.3. The molecule has 12 heteroatoms. The second-order valence-corrected chi connectivity index (χ2v) is 10.1. The number of anilines is 3. The SMILES string of the molecule is CCC(Nc1nsnc1Nc1cccc(S(=O)(=O)N2CCCC2)c1O)c1cc(F)cc(F)c1. The first-order valence-electron chi connectivity index (χ1n) is 10.4. The summed E-state index contributed by atoms with van der Waals surface area (Å²) in [5.41, 5.74) is 0.561. The predicted octanol–water partition coefficient (Wildman–Crippen LogP) is 4.61. The number of rotatable bonds is 8. The summed E-state index contributed by atoms with van der Waals surface area (Å²) in [7, 11) is -3.82. The zero-order valence-electron chi connectivity index (χ0n) is 17.8. The number of nitrogens with zero attached hydrogens (tertiary/aromatic N) is 3. The first-order valence-corrected chi connectivity index (χ1v) is 12.6. The van der Waals surface area contributed by atoms with Crippen molar-refractivity contribution in [2.75, 3.05) is 23.7 Å². The van der Waals surface area contributed by atoms with Gasteiger partial charge in [-0.15, -0.1) is 0 Å². The Morgan fingerprint density at radius 2 is 1.79 bits per heavy atom. The molecule has 0 aliphatic carbocycles. The van der Waals surface area contributed by atoms with Gasteiger partial charge in [0, 0.05) is 19.2 Å². The molecule has 1 unspecified atom stereocenters. The first-order chi connectivity index (χ1) is 15.8. The Labute approximate surface area is 194 Å². The molecule has 1 fully saturated rings. The van der Waals surface area contributed by atoms with Crippen molar-refractivity contribution < 1.29 is 22.3 Å². The van der Waals surface area contributed by atoms with Crippen molar-refractivity contribution in [1.29, 1.82) is 0 Å². The largest absolute Gasteiger partial charge is 0.504 e. The van der Waals surface area contributed by atoms with Crippen LogP contribution < -0.4 is 10.6 Å². The molecule has 0 amide bonds. The molecule has 33 heavy (non-hydrogen) atoms. The molecule has 3 N–H and O–H groups in total. The third-order valence-corrected chi connectivity index (χ3v) is 7.89. The number of hydrogen-bond donors (Lipinski definition) is 3. The summed E-state index contributed by atoms with van der Waals surface area (Å²) in [4.78, 5) is -0.186. The molecule has 4 rings (SSSR count). The lowest BCUT2D eigenvalue weighted by Crippen LogP contribution is -2.28. The average Bonchev–Trinajstić information content (AvgIpc) is 3.45. The van der Waals surface area contributed by atoms with Crippen molar-refractivity contribution in [3.8, 4) is 5.75 Å². The van der Waals surface area contributed by atoms with Crippen molar-refractivity contribution in [1.82, 2.24) is 13.1 Å². The second kappa shape index (κ2) is 9.57. The Hall–Kier alpha value is -2.83. The number of para-hydroxylation sites is 1. The lowest BCUT2D eigenvalue weighted by molar-refractivity contribution is 0.445. The molecule has 2 heterocycles. The van der Waals surface area contributed by atoms with Crippen LogP contribution >= 0.6 is 11.7 Å². The highest BCUT2D eigenvalue weighted by Gasteiger charge is 2.30. The van der Waals surface area contributed by atoms with Crippen LogP contribution in [0.5, 0.6) is 5.75 Å². The average molecular weight is 496 g/mol. The molecule has 1 saturated heterocycles. The van der Waals surface area contributed by atoms with Crippen LogP contribution in [0.1, 0.15) is 37.8 Å². The number of halogens is 2. The van der Waals surface area contributed by atoms with Crippen LogP contribution in [0.2, 0.25) is 0 Å². The number of sulfonamides is 1. The molecule has 0 radical (unpaired) electrons. The lowest BCUT2D eigenvalue weighted by atomic mass is 10.0. The minimum atomic E-state index is -3.82. The number of aromatic nitrogens is 2. The van der Waals surface area contributed by atoms with E-state index >= 15 is 0 Å². The topological polar surface area (TPSA) is 107 Å². The van der Waals surface area contributed by atoms with E-state index in [2.05, 4.69) is 19.4 Å². The van der Waals surface area contributed by atoms with Gasteiger partial charge in [-0.2, -0.15) is 13.1 Å². The highest BCUT2D eigenvalue weighted by molar-refractivity contribution is 7.89. The van der Waals surface area contributed by atoms with Crippen molar-refractivity contribution in [3.05, 3.63) is 53.6 Å². The third kappa shape index (κ3) is 4.92. The van der Waals surface area contributed by atoms with Gasteiger partial charge in [0.25, 0.3) is 0 Å². The molecular formula is C21H23F2N5O3S2. The van der Waals surface area contributed by atoms with Gasteiger partial charge in [-0.25, -0.2) is 17.2 Å². The van der Waals surface area contributed by atoms with Crippen LogP contribution in [0.25, 0.3) is 0 Å². The third-order valence-electron chi connectivity index (χ3n) is 5.43. The fourth-order valence-electron chi connectivity index (χ4n) is 3.75. The zero-order valence-corrected chi connectivity index (χ0v) is 19.4. The normalized spacial score (nSPS) is 15.5. The summed E-state index contributed by atoms with van der Waals surface area (Å²) in [6.07, 6.45) is 2.07. The van der Waals surface area contributed by atoms with E-state index < -0.39 is 33.4 Å². The summed E-state index contributed by atoms with van der Waals surface area (Å²) in [5, 5.41) is 16.8. The molecule has 3 aromatic rings. The van der Waals surface area contributed by atoms with E-state index in [1.807, 2.05) is 6.92 Å². The predicted molar refractivity (Wildman–Crippen MR) is 122 cm³/mol. The molecule has 2 aromatic carbocycles. The Morgan fingerprint density at radius 3 is 2.45 bits per heavy atom. The fraction of sp³-hybridized carbons (Fsp3) is 0.333. The van der Waals surface area contributed by atoms with E-state index in [-0.39, 0.29) is 16.4 Å². The van der Waals surface area contributed by atoms with Gasteiger partial charge in [0.2, 0.25) is 10.0 Å². The minimum absolute atomic E-state index is 0.149. The number of nitrogens with one attached hydrogen (secondary N) is 2. The van der Waals surface area contributed by atoms with E-state index in [0.717, 1.165) is 30.6 Å². The molecule has 1 aliphatic rings. The molecule has 1 aromatic heterocycles. The fourth-order valence-corrected chi connectivity index (χ4v) is 5.85. The van der Waals surface area contributed by atoms with Gasteiger partial charge in [0.1, 0.15) is 16.5 Å². The number of aromatic hydroxyl groups is 1. The summed E-state index contributed by atoms with van der Waals surface area (Å²) < 4.78 is 62.9. The van der Waals surface area contributed by atoms with Gasteiger partial charge in [-0.1, -0.05) is 13.0 Å². The summed E-state index contributed by atoms with van der Waals surface area (Å²) in [6, 6.07) is 7.27. The van der Waals surface area contributed by atoms with Gasteiger partial charge < -0.3 is 15.7 Å². The molecule has 0 spiro atoms. The number of hydrogen-bond acceptors (Lipinski definition) is 8. The maximum atomic E-state index is 13.7. The number of phenols is 1. The van der Waals surface area contributed by atoms with Crippen LogP contribution in [0.15, 0.2) is 41.3 Å². The van der Waals surface area contributed by atoms with Crippen molar-refractivity contribution >= 4 is 39.1 Å². The summed E-state index contributed by atoms with van der Waals surface area (Å²) in [5.74, 6) is -1.21. The van der Waals surface area contributed by atoms with Crippen molar-refractivity contribution in [2.24, 2.45) is 0 Å².